The molecule has 0 aliphatic heterocycles. The fourth-order valence-electron chi connectivity index (χ4n) is 1.61. The molecule has 3 aromatic heterocycles. The SMILES string of the molecule is Nc1onc(-c2ccc(=O)[nH]n2)c1-c1cccs1. The number of nitrogens with two attached hydrogens (primary N) is 1. The van der Waals surface area contributed by atoms with E-state index in [1.807, 2.05) is 17.5 Å². The molecular formula is C11H8N4O2S. The molecule has 0 saturated carbocycles. The lowest BCUT2D eigenvalue weighted by Gasteiger charge is -1.97. The number of anilines is 1. The predicted octanol–water partition coefficient (Wildman–Crippen LogP) is 1.74. The van der Waals surface area contributed by atoms with Crippen LogP contribution in [0.25, 0.3) is 21.8 Å². The van der Waals surface area contributed by atoms with Crippen molar-refractivity contribution in [1.29, 1.82) is 0 Å². The molecule has 0 aliphatic carbocycles. The summed E-state index contributed by atoms with van der Waals surface area (Å²) >= 11 is 1.53. The van der Waals surface area contributed by atoms with Crippen molar-refractivity contribution in [3.05, 3.63) is 40.0 Å². The number of nitrogen functional groups attached to an aromatic ring is 1. The summed E-state index contributed by atoms with van der Waals surface area (Å²) in [6.45, 7) is 0. The summed E-state index contributed by atoms with van der Waals surface area (Å²) in [5, 5.41) is 12.1. The van der Waals surface area contributed by atoms with Crippen LogP contribution in [0.4, 0.5) is 5.88 Å². The van der Waals surface area contributed by atoms with E-state index in [9.17, 15) is 4.79 Å². The van der Waals surface area contributed by atoms with Gasteiger partial charge in [-0.15, -0.1) is 11.3 Å². The van der Waals surface area contributed by atoms with Crippen LogP contribution in [0.5, 0.6) is 0 Å². The number of aromatic amines is 1. The zero-order valence-corrected chi connectivity index (χ0v) is 9.90. The third kappa shape index (κ3) is 1.70. The number of nitrogens with one attached hydrogen (secondary N) is 1. The van der Waals surface area contributed by atoms with Crippen LogP contribution in [0.15, 0.2) is 39.0 Å². The first-order chi connectivity index (χ1) is 8.75. The zero-order chi connectivity index (χ0) is 12.5. The van der Waals surface area contributed by atoms with E-state index in [4.69, 9.17) is 10.3 Å². The second-order valence-corrected chi connectivity index (χ2v) is 4.50. The lowest BCUT2D eigenvalue weighted by molar-refractivity contribution is 0.439. The highest BCUT2D eigenvalue weighted by molar-refractivity contribution is 7.13. The van der Waals surface area contributed by atoms with Crippen LogP contribution in [0, 0.1) is 0 Å². The minimum atomic E-state index is -0.270. The third-order valence-electron chi connectivity index (χ3n) is 2.41. The van der Waals surface area contributed by atoms with E-state index in [0.29, 0.717) is 17.0 Å². The Balaban J connectivity index is 2.19. The van der Waals surface area contributed by atoms with Gasteiger partial charge in [-0.2, -0.15) is 5.10 Å². The Bertz CT molecular complexity index is 709. The summed E-state index contributed by atoms with van der Waals surface area (Å²) in [5.74, 6) is 0.237. The first-order valence-electron chi connectivity index (χ1n) is 5.11. The summed E-state index contributed by atoms with van der Waals surface area (Å²) < 4.78 is 5.01. The molecule has 0 aliphatic rings. The van der Waals surface area contributed by atoms with Gasteiger partial charge in [-0.25, -0.2) is 5.10 Å². The Morgan fingerprint density at radius 1 is 1.33 bits per heavy atom. The zero-order valence-electron chi connectivity index (χ0n) is 9.08. The molecule has 3 aromatic rings. The summed E-state index contributed by atoms with van der Waals surface area (Å²) in [7, 11) is 0. The largest absolute Gasteiger partial charge is 0.367 e. The maximum atomic E-state index is 11.0. The van der Waals surface area contributed by atoms with Crippen molar-refractivity contribution in [3.8, 4) is 21.8 Å². The van der Waals surface area contributed by atoms with Crippen LogP contribution in [-0.2, 0) is 0 Å². The summed E-state index contributed by atoms with van der Waals surface area (Å²) in [6.07, 6.45) is 0. The van der Waals surface area contributed by atoms with Crippen LogP contribution in [-0.4, -0.2) is 15.4 Å². The normalized spacial score (nSPS) is 10.7. The number of nitrogens with zero attached hydrogens (tertiary/aromatic N) is 2. The van der Waals surface area contributed by atoms with Gasteiger partial charge in [0.25, 0.3) is 5.56 Å². The van der Waals surface area contributed by atoms with Gasteiger partial charge in [-0.3, -0.25) is 4.79 Å². The summed E-state index contributed by atoms with van der Waals surface area (Å²) in [4.78, 5) is 11.9. The van der Waals surface area contributed by atoms with Crippen molar-refractivity contribution >= 4 is 17.2 Å². The van der Waals surface area contributed by atoms with Crippen LogP contribution >= 0.6 is 11.3 Å². The van der Waals surface area contributed by atoms with Crippen LogP contribution < -0.4 is 11.3 Å². The Hall–Kier alpha value is -2.41. The molecule has 3 heterocycles. The van der Waals surface area contributed by atoms with Crippen molar-refractivity contribution in [2.24, 2.45) is 0 Å². The smallest absolute Gasteiger partial charge is 0.264 e. The average Bonchev–Trinajstić information content (AvgIpc) is 2.99. The number of H-pyrrole nitrogens is 1. The molecule has 0 unspecified atom stereocenters. The van der Waals surface area contributed by atoms with Crippen LogP contribution in [0.1, 0.15) is 0 Å². The van der Waals surface area contributed by atoms with Gasteiger partial charge in [-0.05, 0) is 17.5 Å². The summed E-state index contributed by atoms with van der Waals surface area (Å²) in [6, 6.07) is 6.79. The molecule has 0 bridgehead atoms. The Morgan fingerprint density at radius 2 is 2.22 bits per heavy atom. The van der Waals surface area contributed by atoms with E-state index < -0.39 is 0 Å². The van der Waals surface area contributed by atoms with E-state index >= 15 is 0 Å². The highest BCUT2D eigenvalue weighted by atomic mass is 32.1. The lowest BCUT2D eigenvalue weighted by Crippen LogP contribution is -2.05. The molecule has 7 heteroatoms. The van der Waals surface area contributed by atoms with Crippen LogP contribution in [0.2, 0.25) is 0 Å². The van der Waals surface area contributed by atoms with Gasteiger partial charge < -0.3 is 10.3 Å². The first kappa shape index (κ1) is 10.7. The van der Waals surface area contributed by atoms with Crippen LogP contribution in [0.3, 0.4) is 0 Å². The van der Waals surface area contributed by atoms with Crippen molar-refractivity contribution in [2.45, 2.75) is 0 Å². The minimum absolute atomic E-state index is 0.237. The molecule has 0 amide bonds. The number of thiophene rings is 1. The molecule has 90 valence electrons. The molecule has 18 heavy (non-hydrogen) atoms. The minimum Gasteiger partial charge on any atom is -0.367 e. The Morgan fingerprint density at radius 3 is 2.89 bits per heavy atom. The fourth-order valence-corrected chi connectivity index (χ4v) is 2.39. The molecule has 6 nitrogen and oxygen atoms in total. The van der Waals surface area contributed by atoms with Crippen molar-refractivity contribution in [1.82, 2.24) is 15.4 Å². The van der Waals surface area contributed by atoms with Gasteiger partial charge >= 0.3 is 0 Å². The van der Waals surface area contributed by atoms with Gasteiger partial charge in [0, 0.05) is 10.9 Å². The van der Waals surface area contributed by atoms with Gasteiger partial charge in [0.1, 0.15) is 11.4 Å². The third-order valence-corrected chi connectivity index (χ3v) is 3.30. The standard InChI is InChI=1S/C11H8N4O2S/c12-11-9(7-2-1-5-18-7)10(15-17-11)6-3-4-8(16)14-13-6/h1-5H,12H2,(H,14,16). The summed E-state index contributed by atoms with van der Waals surface area (Å²) in [5.41, 5.74) is 7.24. The molecule has 0 saturated heterocycles. The maximum Gasteiger partial charge on any atom is 0.264 e. The average molecular weight is 260 g/mol. The van der Waals surface area contributed by atoms with Crippen molar-refractivity contribution < 1.29 is 4.52 Å². The van der Waals surface area contributed by atoms with E-state index in [1.165, 1.54) is 17.4 Å². The van der Waals surface area contributed by atoms with Gasteiger partial charge in [-0.1, -0.05) is 11.2 Å². The van der Waals surface area contributed by atoms with Gasteiger partial charge in [0.15, 0.2) is 0 Å². The van der Waals surface area contributed by atoms with Gasteiger partial charge in [0.2, 0.25) is 5.88 Å². The molecule has 0 aromatic carbocycles. The molecule has 3 rings (SSSR count). The second-order valence-electron chi connectivity index (χ2n) is 3.55. The molecule has 0 radical (unpaired) electrons. The Labute approximate surface area is 105 Å². The number of hydrogen-bond acceptors (Lipinski definition) is 6. The van der Waals surface area contributed by atoms with Crippen molar-refractivity contribution in [2.75, 3.05) is 5.73 Å². The monoisotopic (exact) mass is 260 g/mol. The molecular weight excluding hydrogens is 252 g/mol. The molecule has 0 atom stereocenters. The van der Waals surface area contributed by atoms with E-state index in [2.05, 4.69) is 15.4 Å². The molecule has 0 spiro atoms. The second kappa shape index (κ2) is 4.11. The van der Waals surface area contributed by atoms with E-state index in [0.717, 1.165) is 4.88 Å². The Kier molecular flexibility index (Phi) is 2.45. The lowest BCUT2D eigenvalue weighted by atomic mass is 10.1. The maximum absolute atomic E-state index is 11.0. The van der Waals surface area contributed by atoms with E-state index in [-0.39, 0.29) is 11.4 Å². The topological polar surface area (TPSA) is 97.8 Å². The highest BCUT2D eigenvalue weighted by Gasteiger charge is 2.19. The van der Waals surface area contributed by atoms with Crippen molar-refractivity contribution in [3.63, 3.8) is 0 Å². The number of hydrogen-bond donors (Lipinski definition) is 2. The number of rotatable bonds is 2. The molecule has 3 N–H and O–H groups in total. The highest BCUT2D eigenvalue weighted by Crippen LogP contribution is 2.37. The first-order valence-corrected chi connectivity index (χ1v) is 5.99. The quantitative estimate of drug-likeness (QED) is 0.731. The van der Waals surface area contributed by atoms with Gasteiger partial charge in [0.05, 0.1) is 5.56 Å². The fraction of sp³-hybridized carbons (Fsp3) is 0. The molecule has 0 fully saturated rings. The van der Waals surface area contributed by atoms with E-state index in [1.54, 1.807) is 6.07 Å². The predicted molar refractivity (Wildman–Crippen MR) is 68.1 cm³/mol. The number of aromatic nitrogens is 3.